The number of carbonyl (C=O) groups is 2. The van der Waals surface area contributed by atoms with Crippen LogP contribution in [0.15, 0.2) is 30.3 Å². The molecule has 0 aliphatic carbocycles. The Kier molecular flexibility index (Phi) is 5.71. The molecule has 1 saturated heterocycles. The molecule has 28 heavy (non-hydrogen) atoms. The molecular formula is C20H27N4O4+. The summed E-state index contributed by atoms with van der Waals surface area (Å²) < 4.78 is 5.30. The van der Waals surface area contributed by atoms with Gasteiger partial charge in [-0.15, -0.1) is 0 Å². The summed E-state index contributed by atoms with van der Waals surface area (Å²) in [6.07, 6.45) is -0.631. The average Bonchev–Trinajstić information content (AvgIpc) is 2.66. The van der Waals surface area contributed by atoms with Crippen LogP contribution >= 0.6 is 0 Å². The molecule has 0 saturated carbocycles. The zero-order valence-corrected chi connectivity index (χ0v) is 16.5. The maximum Gasteiger partial charge on any atom is 0.411 e. The van der Waals surface area contributed by atoms with Crippen LogP contribution in [0.25, 0.3) is 10.8 Å². The minimum absolute atomic E-state index is 0.0844. The van der Waals surface area contributed by atoms with Crippen LogP contribution in [0.2, 0.25) is 0 Å². The first-order valence-corrected chi connectivity index (χ1v) is 9.23. The van der Waals surface area contributed by atoms with Crippen LogP contribution in [-0.2, 0) is 9.53 Å². The molecule has 0 spiro atoms. The van der Waals surface area contributed by atoms with Gasteiger partial charge in [-0.1, -0.05) is 18.2 Å². The van der Waals surface area contributed by atoms with Crippen molar-refractivity contribution < 1.29 is 23.9 Å². The maximum atomic E-state index is 12.6. The van der Waals surface area contributed by atoms with Gasteiger partial charge in [0.1, 0.15) is 5.75 Å². The van der Waals surface area contributed by atoms with Crippen molar-refractivity contribution in [3.05, 3.63) is 30.3 Å². The third-order valence-electron chi connectivity index (χ3n) is 5.28. The van der Waals surface area contributed by atoms with Crippen LogP contribution in [0.4, 0.5) is 16.2 Å². The summed E-state index contributed by atoms with van der Waals surface area (Å²) in [7, 11) is 5.43. The van der Waals surface area contributed by atoms with E-state index in [4.69, 9.17) is 0 Å². The molecule has 2 amide bonds. The molecule has 8 heteroatoms. The van der Waals surface area contributed by atoms with Crippen LogP contribution in [0.5, 0.6) is 5.75 Å². The number of nitrogens with zero attached hydrogens (tertiary/aromatic N) is 2. The summed E-state index contributed by atoms with van der Waals surface area (Å²) in [5.41, 5.74) is 0.730. The van der Waals surface area contributed by atoms with Gasteiger partial charge in [0.05, 0.1) is 38.6 Å². The number of piperazine rings is 1. The minimum atomic E-state index is -0.631. The fourth-order valence-electron chi connectivity index (χ4n) is 3.47. The summed E-state index contributed by atoms with van der Waals surface area (Å²) in [6, 6.07) is 8.71. The van der Waals surface area contributed by atoms with Crippen LogP contribution in [0.3, 0.4) is 0 Å². The molecule has 0 unspecified atom stereocenters. The maximum absolute atomic E-state index is 12.6. The van der Waals surface area contributed by atoms with E-state index in [0.717, 1.165) is 31.6 Å². The Morgan fingerprint density at radius 1 is 1.14 bits per heavy atom. The van der Waals surface area contributed by atoms with Gasteiger partial charge in [-0.25, -0.2) is 4.79 Å². The first-order chi connectivity index (χ1) is 13.3. The number of carbonyl (C=O) groups excluding carboxylic acids is 2. The highest BCUT2D eigenvalue weighted by Gasteiger charge is 2.30. The number of aromatic hydroxyl groups is 1. The van der Waals surface area contributed by atoms with Gasteiger partial charge in [-0.2, -0.15) is 0 Å². The van der Waals surface area contributed by atoms with E-state index < -0.39 is 6.09 Å². The predicted octanol–water partition coefficient (Wildman–Crippen LogP) is 2.05. The first kappa shape index (κ1) is 19.9. The largest absolute Gasteiger partial charge is 0.505 e. The number of rotatable bonds is 4. The Morgan fingerprint density at radius 2 is 1.86 bits per heavy atom. The van der Waals surface area contributed by atoms with Crippen molar-refractivity contribution in [1.82, 2.24) is 4.90 Å². The molecule has 0 aromatic heterocycles. The highest BCUT2D eigenvalue weighted by molar-refractivity contribution is 6.07. The van der Waals surface area contributed by atoms with Crippen molar-refractivity contribution in [2.45, 2.75) is 0 Å². The number of quaternary nitrogens is 1. The van der Waals surface area contributed by atoms with Crippen LogP contribution in [0.1, 0.15) is 0 Å². The number of fused-ring (bicyclic) bond motifs is 1. The Balaban J connectivity index is 1.81. The zero-order chi connectivity index (χ0) is 20.3. The lowest BCUT2D eigenvalue weighted by atomic mass is 10.1. The molecule has 150 valence electrons. The van der Waals surface area contributed by atoms with Gasteiger partial charge in [-0.05, 0) is 24.6 Å². The highest BCUT2D eigenvalue weighted by Crippen LogP contribution is 2.37. The number of methoxy groups -OCH3 is 1. The average molecular weight is 387 g/mol. The molecule has 1 aliphatic rings. The van der Waals surface area contributed by atoms with E-state index in [0.29, 0.717) is 27.8 Å². The molecule has 3 rings (SSSR count). The van der Waals surface area contributed by atoms with E-state index in [1.54, 1.807) is 24.3 Å². The lowest BCUT2D eigenvalue weighted by Crippen LogP contribution is -2.58. The van der Waals surface area contributed by atoms with Gasteiger partial charge in [0.15, 0.2) is 6.54 Å². The number of ether oxygens (including phenoxy) is 1. The minimum Gasteiger partial charge on any atom is -0.505 e. The molecular weight excluding hydrogens is 360 g/mol. The molecule has 8 nitrogen and oxygen atoms in total. The number of benzene rings is 2. The van der Waals surface area contributed by atoms with Gasteiger partial charge in [0.25, 0.3) is 5.91 Å². The number of hydrogen-bond donors (Lipinski definition) is 3. The molecule has 0 radical (unpaired) electrons. The van der Waals surface area contributed by atoms with Gasteiger partial charge in [-0.3, -0.25) is 15.0 Å². The monoisotopic (exact) mass is 387 g/mol. The number of amides is 2. The Morgan fingerprint density at radius 3 is 2.54 bits per heavy atom. The van der Waals surface area contributed by atoms with E-state index in [1.165, 1.54) is 7.11 Å². The predicted molar refractivity (Wildman–Crippen MR) is 109 cm³/mol. The lowest BCUT2D eigenvalue weighted by molar-refractivity contribution is -0.905. The van der Waals surface area contributed by atoms with Crippen molar-refractivity contribution in [2.24, 2.45) is 0 Å². The number of phenols is 1. The van der Waals surface area contributed by atoms with Gasteiger partial charge in [0.2, 0.25) is 0 Å². The van der Waals surface area contributed by atoms with E-state index in [1.807, 2.05) is 6.07 Å². The molecule has 1 fully saturated rings. The third-order valence-corrected chi connectivity index (χ3v) is 5.28. The summed E-state index contributed by atoms with van der Waals surface area (Å²) in [5, 5.41) is 17.3. The fraction of sp³-hybridized carbons (Fsp3) is 0.400. The second-order valence-electron chi connectivity index (χ2n) is 7.56. The van der Waals surface area contributed by atoms with Crippen molar-refractivity contribution in [3.63, 3.8) is 0 Å². The third kappa shape index (κ3) is 4.35. The van der Waals surface area contributed by atoms with Gasteiger partial charge < -0.3 is 19.6 Å². The Bertz CT molecular complexity index is 891. The molecule has 1 heterocycles. The SMILES string of the molecule is COC(=O)Nc1cccc2ccc(NC(=O)C[N+]3(C)CCN(C)CC3)c(O)c12. The van der Waals surface area contributed by atoms with E-state index in [9.17, 15) is 14.7 Å². The lowest BCUT2D eigenvalue weighted by Gasteiger charge is -2.40. The molecule has 2 aromatic rings. The van der Waals surface area contributed by atoms with Crippen molar-refractivity contribution >= 4 is 34.1 Å². The van der Waals surface area contributed by atoms with Crippen molar-refractivity contribution in [3.8, 4) is 5.75 Å². The first-order valence-electron chi connectivity index (χ1n) is 9.23. The van der Waals surface area contributed by atoms with Crippen LogP contribution in [0, 0.1) is 0 Å². The Hall–Kier alpha value is -2.84. The number of phenolic OH excluding ortho intramolecular Hbond substituents is 1. The quantitative estimate of drug-likeness (QED) is 0.552. The number of nitrogens with one attached hydrogen (secondary N) is 2. The number of hydrogen-bond acceptors (Lipinski definition) is 5. The van der Waals surface area contributed by atoms with E-state index in [-0.39, 0.29) is 11.7 Å². The van der Waals surface area contributed by atoms with Gasteiger partial charge in [0, 0.05) is 18.5 Å². The number of likely N-dealkylation sites (N-methyl/N-ethyl adjacent to an activating group) is 2. The summed E-state index contributed by atoms with van der Waals surface area (Å²) in [5.74, 6) is -0.237. The van der Waals surface area contributed by atoms with Crippen molar-refractivity contribution in [1.29, 1.82) is 0 Å². The second-order valence-corrected chi connectivity index (χ2v) is 7.56. The normalized spacial score (nSPS) is 16.5. The van der Waals surface area contributed by atoms with Crippen molar-refractivity contribution in [2.75, 3.05) is 64.6 Å². The standard InChI is InChI=1S/C20H26N4O4/c1-23-9-11-24(2,12-10-23)13-17(25)21-16-8-7-14-5-4-6-15(18(14)19(16)26)22-20(27)28-3/h4-8H,9-13H2,1-3H3,(H2-,21,22,25,26,27)/p+1. The van der Waals surface area contributed by atoms with E-state index >= 15 is 0 Å². The van der Waals surface area contributed by atoms with E-state index in [2.05, 4.69) is 34.4 Å². The Labute approximate surface area is 164 Å². The molecule has 0 atom stereocenters. The van der Waals surface area contributed by atoms with Crippen LogP contribution < -0.4 is 10.6 Å². The summed E-state index contributed by atoms with van der Waals surface area (Å²) >= 11 is 0. The smallest absolute Gasteiger partial charge is 0.411 e. The second kappa shape index (κ2) is 8.04. The molecule has 1 aliphatic heterocycles. The highest BCUT2D eigenvalue weighted by atomic mass is 16.5. The van der Waals surface area contributed by atoms with Crippen LogP contribution in [-0.4, -0.2) is 80.4 Å². The summed E-state index contributed by atoms with van der Waals surface area (Å²) in [4.78, 5) is 26.5. The van der Waals surface area contributed by atoms with Gasteiger partial charge >= 0.3 is 6.09 Å². The zero-order valence-electron chi connectivity index (χ0n) is 16.5. The number of anilines is 2. The summed E-state index contributed by atoms with van der Waals surface area (Å²) in [6.45, 7) is 4.05. The molecule has 2 aromatic carbocycles. The fourth-order valence-corrected chi connectivity index (χ4v) is 3.47. The molecule has 0 bridgehead atoms. The topological polar surface area (TPSA) is 90.9 Å². The molecule has 3 N–H and O–H groups in total.